The molecule has 1 aromatic carbocycles. The van der Waals surface area contributed by atoms with Crippen molar-refractivity contribution in [2.45, 2.75) is 49.6 Å². The van der Waals surface area contributed by atoms with Gasteiger partial charge < -0.3 is 10.1 Å². The monoisotopic (exact) mass is 421 g/mol. The van der Waals surface area contributed by atoms with Gasteiger partial charge in [-0.25, -0.2) is 22.5 Å². The molecule has 0 atom stereocenters. The van der Waals surface area contributed by atoms with Crippen LogP contribution in [0.1, 0.15) is 37.7 Å². The van der Waals surface area contributed by atoms with Gasteiger partial charge in [-0.15, -0.1) is 0 Å². The first-order valence-electron chi connectivity index (χ1n) is 9.56. The Morgan fingerprint density at radius 2 is 1.90 bits per heavy atom. The van der Waals surface area contributed by atoms with Gasteiger partial charge in [-0.2, -0.15) is 0 Å². The molecule has 29 heavy (non-hydrogen) atoms. The lowest BCUT2D eigenvalue weighted by Crippen LogP contribution is -2.30. The first-order chi connectivity index (χ1) is 13.9. The number of halogens is 1. The summed E-state index contributed by atoms with van der Waals surface area (Å²) in [5.41, 5.74) is 0.777. The van der Waals surface area contributed by atoms with Crippen LogP contribution < -0.4 is 14.8 Å². The van der Waals surface area contributed by atoms with Crippen LogP contribution in [0.15, 0.2) is 47.5 Å². The molecular weight excluding hydrogens is 397 g/mol. The Balaban J connectivity index is 1.46. The van der Waals surface area contributed by atoms with Crippen LogP contribution in [0.2, 0.25) is 0 Å². The maximum atomic E-state index is 12.9. The minimum atomic E-state index is -3.79. The first-order valence-corrected chi connectivity index (χ1v) is 11.0. The van der Waals surface area contributed by atoms with E-state index < -0.39 is 15.8 Å². The van der Waals surface area contributed by atoms with Crippen LogP contribution >= 0.6 is 0 Å². The number of nitrogens with zero attached hydrogens (tertiary/aromatic N) is 1. The normalized spacial score (nSPS) is 14.7. The van der Waals surface area contributed by atoms with E-state index in [1.165, 1.54) is 12.1 Å². The third-order valence-electron chi connectivity index (χ3n) is 4.67. The van der Waals surface area contributed by atoms with Gasteiger partial charge in [-0.05, 0) is 56.0 Å². The van der Waals surface area contributed by atoms with Gasteiger partial charge in [0, 0.05) is 31.3 Å². The molecule has 1 aromatic heterocycles. The fourth-order valence-corrected chi connectivity index (χ4v) is 4.14. The predicted octanol–water partition coefficient (Wildman–Crippen LogP) is 2.53. The van der Waals surface area contributed by atoms with Gasteiger partial charge in [0.2, 0.25) is 21.8 Å². The predicted molar refractivity (Wildman–Crippen MR) is 105 cm³/mol. The fourth-order valence-electron chi connectivity index (χ4n) is 3.11. The van der Waals surface area contributed by atoms with Gasteiger partial charge in [-0.3, -0.25) is 4.79 Å². The zero-order chi connectivity index (χ0) is 20.7. The quantitative estimate of drug-likeness (QED) is 0.649. The number of ether oxygens (including phenoxy) is 1. The number of amides is 1. The van der Waals surface area contributed by atoms with E-state index in [0.717, 1.165) is 43.4 Å². The van der Waals surface area contributed by atoms with Crippen molar-refractivity contribution in [3.05, 3.63) is 54.0 Å². The van der Waals surface area contributed by atoms with Crippen LogP contribution in [0.5, 0.6) is 5.88 Å². The van der Waals surface area contributed by atoms with Crippen molar-refractivity contribution in [1.29, 1.82) is 0 Å². The molecule has 1 aliphatic rings. The number of rotatable bonds is 9. The van der Waals surface area contributed by atoms with E-state index in [4.69, 9.17) is 4.74 Å². The van der Waals surface area contributed by atoms with E-state index in [0.29, 0.717) is 5.88 Å². The summed E-state index contributed by atoms with van der Waals surface area (Å²) in [6.07, 6.45) is 6.11. The molecule has 7 nitrogen and oxygen atoms in total. The number of nitrogens with one attached hydrogen (secondary N) is 2. The summed E-state index contributed by atoms with van der Waals surface area (Å²) >= 11 is 0. The van der Waals surface area contributed by atoms with Crippen molar-refractivity contribution >= 4 is 15.9 Å². The van der Waals surface area contributed by atoms with Gasteiger partial charge in [0.1, 0.15) is 11.9 Å². The van der Waals surface area contributed by atoms with Crippen LogP contribution in [0, 0.1) is 5.82 Å². The standard InChI is InChI=1S/C20H24FN3O4S/c21-16-7-9-18(10-8-16)29(26,27)24-13-11-19(25)23-14-15-4-3-12-22-20(15)28-17-5-1-2-6-17/h3-4,7-10,12,17,24H,1-2,5-6,11,13-14H2,(H,23,25). The molecule has 2 aromatic rings. The number of hydrogen-bond acceptors (Lipinski definition) is 5. The van der Waals surface area contributed by atoms with Crippen LogP contribution in [0.25, 0.3) is 0 Å². The summed E-state index contributed by atoms with van der Waals surface area (Å²) < 4.78 is 45.4. The van der Waals surface area contributed by atoms with Gasteiger partial charge in [-0.1, -0.05) is 6.07 Å². The molecule has 1 heterocycles. The molecule has 1 saturated carbocycles. The Morgan fingerprint density at radius 3 is 2.62 bits per heavy atom. The molecular formula is C20H24FN3O4S. The van der Waals surface area contributed by atoms with Crippen LogP contribution in [-0.2, 0) is 21.4 Å². The second-order valence-corrected chi connectivity index (χ2v) is 8.64. The van der Waals surface area contributed by atoms with Crippen molar-refractivity contribution in [3.8, 4) is 5.88 Å². The summed E-state index contributed by atoms with van der Waals surface area (Å²) in [5.74, 6) is -0.297. The minimum Gasteiger partial charge on any atom is -0.474 e. The van der Waals surface area contributed by atoms with Crippen LogP contribution in [0.3, 0.4) is 0 Å². The molecule has 0 spiro atoms. The maximum Gasteiger partial charge on any atom is 0.240 e. The van der Waals surface area contributed by atoms with E-state index in [-0.39, 0.29) is 36.4 Å². The molecule has 156 valence electrons. The van der Waals surface area contributed by atoms with Crippen molar-refractivity contribution in [2.24, 2.45) is 0 Å². The lowest BCUT2D eigenvalue weighted by molar-refractivity contribution is -0.121. The Hall–Kier alpha value is -2.52. The average molecular weight is 421 g/mol. The molecule has 0 radical (unpaired) electrons. The summed E-state index contributed by atoms with van der Waals surface area (Å²) in [6.45, 7) is 0.184. The maximum absolute atomic E-state index is 12.9. The topological polar surface area (TPSA) is 97.4 Å². The molecule has 9 heteroatoms. The summed E-state index contributed by atoms with van der Waals surface area (Å²) in [5, 5.41) is 2.75. The highest BCUT2D eigenvalue weighted by Gasteiger charge is 2.19. The average Bonchev–Trinajstić information content (AvgIpc) is 3.20. The number of carbonyl (C=O) groups is 1. The van der Waals surface area contributed by atoms with Gasteiger partial charge >= 0.3 is 0 Å². The molecule has 2 N–H and O–H groups in total. The second-order valence-electron chi connectivity index (χ2n) is 6.87. The van der Waals surface area contributed by atoms with Crippen molar-refractivity contribution in [2.75, 3.05) is 6.54 Å². The molecule has 1 amide bonds. The molecule has 0 aliphatic heterocycles. The smallest absolute Gasteiger partial charge is 0.240 e. The fraction of sp³-hybridized carbons (Fsp3) is 0.400. The lowest BCUT2D eigenvalue weighted by atomic mass is 10.2. The Labute approximate surface area is 169 Å². The summed E-state index contributed by atoms with van der Waals surface area (Å²) in [4.78, 5) is 16.3. The molecule has 0 saturated heterocycles. The van der Waals surface area contributed by atoms with E-state index in [1.54, 1.807) is 12.3 Å². The number of pyridine rings is 1. The van der Waals surface area contributed by atoms with Crippen LogP contribution in [0.4, 0.5) is 4.39 Å². The summed E-state index contributed by atoms with van der Waals surface area (Å²) in [6, 6.07) is 8.10. The molecule has 0 unspecified atom stereocenters. The zero-order valence-electron chi connectivity index (χ0n) is 15.9. The van der Waals surface area contributed by atoms with E-state index >= 15 is 0 Å². The highest BCUT2D eigenvalue weighted by atomic mass is 32.2. The van der Waals surface area contributed by atoms with Crippen molar-refractivity contribution < 1.29 is 22.3 Å². The molecule has 1 fully saturated rings. The number of carbonyl (C=O) groups excluding carboxylic acids is 1. The van der Waals surface area contributed by atoms with Gasteiger partial charge in [0.25, 0.3) is 0 Å². The highest BCUT2D eigenvalue weighted by molar-refractivity contribution is 7.89. The Kier molecular flexibility index (Phi) is 7.16. The Morgan fingerprint density at radius 1 is 1.17 bits per heavy atom. The Bertz CT molecular complexity index is 929. The molecule has 0 bridgehead atoms. The zero-order valence-corrected chi connectivity index (χ0v) is 16.8. The van der Waals surface area contributed by atoms with E-state index in [2.05, 4.69) is 15.0 Å². The third-order valence-corrected chi connectivity index (χ3v) is 6.15. The van der Waals surface area contributed by atoms with Gasteiger partial charge in [0.05, 0.1) is 4.90 Å². The largest absolute Gasteiger partial charge is 0.474 e. The van der Waals surface area contributed by atoms with Gasteiger partial charge in [0.15, 0.2) is 0 Å². The van der Waals surface area contributed by atoms with E-state index in [9.17, 15) is 17.6 Å². The summed E-state index contributed by atoms with van der Waals surface area (Å²) in [7, 11) is -3.79. The highest BCUT2D eigenvalue weighted by Crippen LogP contribution is 2.24. The van der Waals surface area contributed by atoms with Crippen LogP contribution in [-0.4, -0.2) is 32.0 Å². The minimum absolute atomic E-state index is 0.0283. The number of sulfonamides is 1. The molecule has 3 rings (SSSR count). The third kappa shape index (κ3) is 6.23. The second kappa shape index (κ2) is 9.80. The van der Waals surface area contributed by atoms with Crippen molar-refractivity contribution in [3.63, 3.8) is 0 Å². The molecule has 1 aliphatic carbocycles. The van der Waals surface area contributed by atoms with Crippen molar-refractivity contribution in [1.82, 2.24) is 15.0 Å². The first kappa shape index (κ1) is 21.2. The number of aromatic nitrogens is 1. The SMILES string of the molecule is O=C(CCNS(=O)(=O)c1ccc(F)cc1)NCc1cccnc1OC1CCCC1. The number of benzene rings is 1. The lowest BCUT2D eigenvalue weighted by Gasteiger charge is -2.15. The number of hydrogen-bond donors (Lipinski definition) is 2. The van der Waals surface area contributed by atoms with E-state index in [1.807, 2.05) is 6.07 Å².